The minimum atomic E-state index is 0. The fourth-order valence-electron chi connectivity index (χ4n) is 4.83. The second-order valence-electron chi connectivity index (χ2n) is 8.95. The Morgan fingerprint density at radius 3 is 2.65 bits per heavy atom. The summed E-state index contributed by atoms with van der Waals surface area (Å²) in [6, 6.07) is 8.64. The lowest BCUT2D eigenvalue weighted by Crippen LogP contribution is -2.46. The van der Waals surface area contributed by atoms with Gasteiger partial charge < -0.3 is 20.3 Å². The minimum Gasteiger partial charge on any atom is -0.496 e. The lowest BCUT2D eigenvalue weighted by Gasteiger charge is -2.30. The van der Waals surface area contributed by atoms with Crippen molar-refractivity contribution >= 4 is 35.8 Å². The van der Waals surface area contributed by atoms with Crippen LogP contribution in [0.1, 0.15) is 58.4 Å². The molecule has 6 nitrogen and oxygen atoms in total. The number of carbonyl (C=O) groups is 1. The highest BCUT2D eigenvalue weighted by Gasteiger charge is 2.38. The Balaban J connectivity index is 0.00000341. The number of likely N-dealkylation sites (tertiary alicyclic amines) is 1. The van der Waals surface area contributed by atoms with Crippen molar-refractivity contribution < 1.29 is 9.53 Å². The normalized spacial score (nSPS) is 20.5. The third-order valence-electron chi connectivity index (χ3n) is 6.46. The van der Waals surface area contributed by atoms with Crippen LogP contribution in [-0.2, 0) is 10.2 Å². The number of hydrogen-bond acceptors (Lipinski definition) is 3. The number of nitrogens with one attached hydrogen (secondary N) is 2. The molecule has 1 saturated heterocycles. The van der Waals surface area contributed by atoms with Gasteiger partial charge in [-0.1, -0.05) is 44.9 Å². The van der Waals surface area contributed by atoms with E-state index < -0.39 is 0 Å². The molecule has 1 aliphatic carbocycles. The SMILES string of the molecule is CCNC(=NCC1(c2ccccc2OC)CCCC1)NC1CCN(C(=O)C(C)C)C1.I. The fraction of sp³-hybridized carbons (Fsp3) is 0.667. The van der Waals surface area contributed by atoms with Crippen molar-refractivity contribution in [3.8, 4) is 5.75 Å². The highest BCUT2D eigenvalue weighted by molar-refractivity contribution is 14.0. The van der Waals surface area contributed by atoms with Gasteiger partial charge in [-0.25, -0.2) is 0 Å². The van der Waals surface area contributed by atoms with Gasteiger partial charge in [-0.15, -0.1) is 24.0 Å². The summed E-state index contributed by atoms with van der Waals surface area (Å²) < 4.78 is 5.68. The molecule has 3 rings (SSSR count). The van der Waals surface area contributed by atoms with Gasteiger partial charge in [0.05, 0.1) is 13.7 Å². The molecule has 1 amide bonds. The molecular formula is C24H39IN4O2. The van der Waals surface area contributed by atoms with Gasteiger partial charge >= 0.3 is 0 Å². The zero-order valence-corrected chi connectivity index (χ0v) is 21.8. The molecule has 1 aromatic rings. The molecule has 31 heavy (non-hydrogen) atoms. The van der Waals surface area contributed by atoms with E-state index >= 15 is 0 Å². The van der Waals surface area contributed by atoms with Crippen molar-refractivity contribution in [2.24, 2.45) is 10.9 Å². The Kier molecular flexibility index (Phi) is 9.90. The Hall–Kier alpha value is -1.51. The highest BCUT2D eigenvalue weighted by Crippen LogP contribution is 2.44. The number of benzene rings is 1. The monoisotopic (exact) mass is 542 g/mol. The predicted molar refractivity (Wildman–Crippen MR) is 137 cm³/mol. The first-order valence-electron chi connectivity index (χ1n) is 11.5. The number of carbonyl (C=O) groups excluding carboxylic acids is 1. The predicted octanol–water partition coefficient (Wildman–Crippen LogP) is 3.94. The lowest BCUT2D eigenvalue weighted by molar-refractivity contribution is -0.133. The molecule has 174 valence electrons. The van der Waals surface area contributed by atoms with Crippen molar-refractivity contribution in [3.63, 3.8) is 0 Å². The maximum Gasteiger partial charge on any atom is 0.225 e. The molecule has 1 saturated carbocycles. The standard InChI is InChI=1S/C24H38N4O2.HI/c1-5-25-23(27-19-12-15-28(16-19)22(29)18(2)3)26-17-24(13-8-9-14-24)20-10-6-7-11-21(20)30-4;/h6-7,10-11,18-19H,5,8-9,12-17H2,1-4H3,(H2,25,26,27);1H. The van der Waals surface area contributed by atoms with E-state index in [1.54, 1.807) is 7.11 Å². The van der Waals surface area contributed by atoms with E-state index in [9.17, 15) is 4.79 Å². The topological polar surface area (TPSA) is 66.0 Å². The number of methoxy groups -OCH3 is 1. The maximum absolute atomic E-state index is 12.3. The molecule has 0 aromatic heterocycles. The first kappa shape index (κ1) is 25.7. The number of nitrogens with zero attached hydrogens (tertiary/aromatic N) is 2. The molecular weight excluding hydrogens is 503 g/mol. The molecule has 1 heterocycles. The second kappa shape index (κ2) is 11.9. The van der Waals surface area contributed by atoms with E-state index in [1.165, 1.54) is 18.4 Å². The molecule has 1 unspecified atom stereocenters. The van der Waals surface area contributed by atoms with Gasteiger partial charge in [-0.2, -0.15) is 0 Å². The van der Waals surface area contributed by atoms with Gasteiger partial charge in [0.15, 0.2) is 5.96 Å². The van der Waals surface area contributed by atoms with Crippen molar-refractivity contribution in [2.75, 3.05) is 33.3 Å². The second-order valence-corrected chi connectivity index (χ2v) is 8.95. The van der Waals surface area contributed by atoms with Crippen LogP contribution in [0.3, 0.4) is 0 Å². The third-order valence-corrected chi connectivity index (χ3v) is 6.46. The van der Waals surface area contributed by atoms with Gasteiger partial charge in [0.25, 0.3) is 0 Å². The van der Waals surface area contributed by atoms with Crippen molar-refractivity contribution in [3.05, 3.63) is 29.8 Å². The van der Waals surface area contributed by atoms with Crippen LogP contribution < -0.4 is 15.4 Å². The Morgan fingerprint density at radius 1 is 1.29 bits per heavy atom. The number of amides is 1. The Bertz CT molecular complexity index is 747. The fourth-order valence-corrected chi connectivity index (χ4v) is 4.83. The smallest absolute Gasteiger partial charge is 0.225 e. The summed E-state index contributed by atoms with van der Waals surface area (Å²) >= 11 is 0. The van der Waals surface area contributed by atoms with E-state index in [0.29, 0.717) is 0 Å². The molecule has 7 heteroatoms. The third kappa shape index (κ3) is 6.26. The van der Waals surface area contributed by atoms with Crippen LogP contribution in [-0.4, -0.2) is 56.1 Å². The number of aliphatic imine (C=N–C) groups is 1. The molecule has 1 aliphatic heterocycles. The van der Waals surface area contributed by atoms with Crippen LogP contribution in [0.4, 0.5) is 0 Å². The molecule has 0 bridgehead atoms. The summed E-state index contributed by atoms with van der Waals surface area (Å²) in [6.07, 6.45) is 5.69. The molecule has 2 N–H and O–H groups in total. The van der Waals surface area contributed by atoms with E-state index in [1.807, 2.05) is 24.8 Å². The number of rotatable bonds is 7. The van der Waals surface area contributed by atoms with Crippen molar-refractivity contribution in [1.82, 2.24) is 15.5 Å². The number of guanidine groups is 1. The summed E-state index contributed by atoms with van der Waals surface area (Å²) in [7, 11) is 1.75. The largest absolute Gasteiger partial charge is 0.496 e. The van der Waals surface area contributed by atoms with E-state index in [0.717, 1.165) is 57.2 Å². The zero-order chi connectivity index (χ0) is 21.6. The number of halogens is 1. The first-order valence-corrected chi connectivity index (χ1v) is 11.5. The van der Waals surface area contributed by atoms with Crippen LogP contribution in [0.5, 0.6) is 5.75 Å². The van der Waals surface area contributed by atoms with E-state index in [2.05, 4.69) is 35.8 Å². The first-order chi connectivity index (χ1) is 14.5. The molecule has 0 radical (unpaired) electrons. The summed E-state index contributed by atoms with van der Waals surface area (Å²) in [5.74, 6) is 2.10. The molecule has 1 aromatic carbocycles. The van der Waals surface area contributed by atoms with Crippen LogP contribution in [0.2, 0.25) is 0 Å². The van der Waals surface area contributed by atoms with Crippen LogP contribution in [0, 0.1) is 5.92 Å². The van der Waals surface area contributed by atoms with Crippen molar-refractivity contribution in [1.29, 1.82) is 0 Å². The maximum atomic E-state index is 12.3. The summed E-state index contributed by atoms with van der Waals surface area (Å²) in [4.78, 5) is 19.3. The molecule has 2 fully saturated rings. The van der Waals surface area contributed by atoms with Crippen LogP contribution in [0.15, 0.2) is 29.3 Å². The molecule has 0 spiro atoms. The van der Waals surface area contributed by atoms with Gasteiger partial charge in [-0.05, 0) is 32.3 Å². The lowest BCUT2D eigenvalue weighted by atomic mass is 9.78. The minimum absolute atomic E-state index is 0. The summed E-state index contributed by atoms with van der Waals surface area (Å²) in [6.45, 7) is 9.14. The Labute approximate surface area is 204 Å². The van der Waals surface area contributed by atoms with E-state index in [-0.39, 0.29) is 47.3 Å². The summed E-state index contributed by atoms with van der Waals surface area (Å²) in [5.41, 5.74) is 1.31. The Morgan fingerprint density at radius 2 is 2.00 bits per heavy atom. The van der Waals surface area contributed by atoms with Crippen LogP contribution >= 0.6 is 24.0 Å². The van der Waals surface area contributed by atoms with E-state index in [4.69, 9.17) is 9.73 Å². The van der Waals surface area contributed by atoms with Gasteiger partial charge in [-0.3, -0.25) is 9.79 Å². The number of ether oxygens (including phenoxy) is 1. The zero-order valence-electron chi connectivity index (χ0n) is 19.4. The van der Waals surface area contributed by atoms with Crippen LogP contribution in [0.25, 0.3) is 0 Å². The number of hydrogen-bond donors (Lipinski definition) is 2. The molecule has 2 aliphatic rings. The number of para-hydroxylation sites is 1. The average Bonchev–Trinajstić information content (AvgIpc) is 3.42. The van der Waals surface area contributed by atoms with Gasteiger partial charge in [0.2, 0.25) is 5.91 Å². The van der Waals surface area contributed by atoms with Gasteiger partial charge in [0.1, 0.15) is 5.75 Å². The van der Waals surface area contributed by atoms with Gasteiger partial charge in [0, 0.05) is 42.6 Å². The molecule has 1 atom stereocenters. The quantitative estimate of drug-likeness (QED) is 0.311. The van der Waals surface area contributed by atoms with Crippen molar-refractivity contribution in [2.45, 2.75) is 64.3 Å². The summed E-state index contributed by atoms with van der Waals surface area (Å²) in [5, 5.41) is 6.98. The highest BCUT2D eigenvalue weighted by atomic mass is 127. The average molecular weight is 543 g/mol.